The number of carbonyl (C=O) groups is 1. The maximum Gasteiger partial charge on any atom is 0.264 e. The molecule has 24 heavy (non-hydrogen) atoms. The van der Waals surface area contributed by atoms with Crippen molar-refractivity contribution in [3.63, 3.8) is 0 Å². The summed E-state index contributed by atoms with van der Waals surface area (Å²) in [6.45, 7) is 1.18. The largest absolute Gasteiger partial charge is 0.497 e. The monoisotopic (exact) mass is 318 g/mol. The molecule has 0 saturated heterocycles. The van der Waals surface area contributed by atoms with E-state index in [1.807, 2.05) is 42.5 Å². The molecule has 120 valence electrons. The van der Waals surface area contributed by atoms with Crippen molar-refractivity contribution < 1.29 is 9.53 Å². The molecule has 1 heterocycles. The van der Waals surface area contributed by atoms with Gasteiger partial charge in [-0.1, -0.05) is 36.4 Å². The van der Waals surface area contributed by atoms with Gasteiger partial charge >= 0.3 is 0 Å². The number of carbonyl (C=O) groups excluding carboxylic acids is 1. The van der Waals surface area contributed by atoms with Gasteiger partial charge in [-0.2, -0.15) is 5.26 Å². The fraction of sp³-hybridized carbons (Fsp3) is 0.200. The summed E-state index contributed by atoms with van der Waals surface area (Å²) in [7, 11) is 1.59. The van der Waals surface area contributed by atoms with Gasteiger partial charge in [0.25, 0.3) is 5.91 Å². The Morgan fingerprint density at radius 1 is 1.21 bits per heavy atom. The Balaban J connectivity index is 1.82. The Bertz CT molecular complexity index is 834. The molecule has 0 atom stereocenters. The molecule has 0 spiro atoms. The first-order valence-corrected chi connectivity index (χ1v) is 7.83. The predicted molar refractivity (Wildman–Crippen MR) is 92.1 cm³/mol. The van der Waals surface area contributed by atoms with Crippen LogP contribution in [0, 0.1) is 11.3 Å². The molecule has 1 amide bonds. The average Bonchev–Trinajstić information content (AvgIpc) is 2.65. The van der Waals surface area contributed by atoms with Crippen molar-refractivity contribution in [3.05, 3.63) is 70.8 Å². The van der Waals surface area contributed by atoms with Crippen molar-refractivity contribution in [2.45, 2.75) is 13.0 Å². The third kappa shape index (κ3) is 3.31. The van der Waals surface area contributed by atoms with E-state index in [0.29, 0.717) is 18.8 Å². The Morgan fingerprint density at radius 2 is 2.00 bits per heavy atom. The van der Waals surface area contributed by atoms with Gasteiger partial charge in [-0.25, -0.2) is 0 Å². The van der Waals surface area contributed by atoms with Crippen molar-refractivity contribution in [3.8, 4) is 11.8 Å². The van der Waals surface area contributed by atoms with Gasteiger partial charge in [0.05, 0.1) is 7.11 Å². The van der Waals surface area contributed by atoms with Crippen molar-refractivity contribution in [2.75, 3.05) is 13.7 Å². The van der Waals surface area contributed by atoms with Crippen LogP contribution in [0.3, 0.4) is 0 Å². The maximum absolute atomic E-state index is 12.7. The van der Waals surface area contributed by atoms with E-state index in [4.69, 9.17) is 4.74 Å². The van der Waals surface area contributed by atoms with Crippen LogP contribution in [0.4, 0.5) is 0 Å². The summed E-state index contributed by atoms with van der Waals surface area (Å²) in [5.74, 6) is 0.468. The van der Waals surface area contributed by atoms with E-state index < -0.39 is 0 Å². The van der Waals surface area contributed by atoms with E-state index in [-0.39, 0.29) is 11.5 Å². The van der Waals surface area contributed by atoms with Gasteiger partial charge in [-0.05, 0) is 41.3 Å². The lowest BCUT2D eigenvalue weighted by Crippen LogP contribution is -2.36. The standard InChI is InChI=1S/C20H18N2O2/c1-24-19-8-4-5-15(12-19)11-18(13-21)20(23)22-10-9-16-6-2-3-7-17(16)14-22/h2-8,11-12H,9-10,14H2,1H3/b18-11+. The van der Waals surface area contributed by atoms with Gasteiger partial charge in [-0.15, -0.1) is 0 Å². The lowest BCUT2D eigenvalue weighted by atomic mass is 9.99. The van der Waals surface area contributed by atoms with Crippen LogP contribution in [-0.2, 0) is 17.8 Å². The molecule has 0 radical (unpaired) electrons. The first-order chi connectivity index (χ1) is 11.7. The highest BCUT2D eigenvalue weighted by Crippen LogP contribution is 2.21. The van der Waals surface area contributed by atoms with Gasteiger partial charge in [0, 0.05) is 13.1 Å². The zero-order chi connectivity index (χ0) is 16.9. The van der Waals surface area contributed by atoms with Crippen LogP contribution in [0.15, 0.2) is 54.1 Å². The van der Waals surface area contributed by atoms with Crippen LogP contribution in [0.2, 0.25) is 0 Å². The highest BCUT2D eigenvalue weighted by Gasteiger charge is 2.23. The molecule has 0 aliphatic carbocycles. The molecule has 0 bridgehead atoms. The first-order valence-electron chi connectivity index (χ1n) is 7.83. The Morgan fingerprint density at radius 3 is 2.75 bits per heavy atom. The molecular formula is C20H18N2O2. The van der Waals surface area contributed by atoms with Gasteiger partial charge in [0.1, 0.15) is 17.4 Å². The number of hydrogen-bond donors (Lipinski definition) is 0. The van der Waals surface area contributed by atoms with Crippen molar-refractivity contribution in [1.29, 1.82) is 5.26 Å². The SMILES string of the molecule is COc1cccc(/C=C(\C#N)C(=O)N2CCc3ccccc3C2)c1. The van der Waals surface area contributed by atoms with E-state index in [1.54, 1.807) is 24.2 Å². The number of nitriles is 1. The van der Waals surface area contributed by atoms with Crippen LogP contribution in [0.1, 0.15) is 16.7 Å². The molecule has 0 unspecified atom stereocenters. The topological polar surface area (TPSA) is 53.3 Å². The molecule has 0 fully saturated rings. The number of ether oxygens (including phenoxy) is 1. The predicted octanol–water partition coefficient (Wildman–Crippen LogP) is 3.19. The molecule has 4 nitrogen and oxygen atoms in total. The second-order valence-electron chi connectivity index (χ2n) is 5.69. The van der Waals surface area contributed by atoms with E-state index >= 15 is 0 Å². The van der Waals surface area contributed by atoms with Crippen molar-refractivity contribution in [2.24, 2.45) is 0 Å². The van der Waals surface area contributed by atoms with Crippen LogP contribution in [0.5, 0.6) is 5.75 Å². The second kappa shape index (κ2) is 7.01. The number of nitrogens with zero attached hydrogens (tertiary/aromatic N) is 2. The van der Waals surface area contributed by atoms with E-state index in [9.17, 15) is 10.1 Å². The summed E-state index contributed by atoms with van der Waals surface area (Å²) in [5.41, 5.74) is 3.34. The molecule has 1 aliphatic rings. The number of hydrogen-bond acceptors (Lipinski definition) is 3. The minimum atomic E-state index is -0.227. The smallest absolute Gasteiger partial charge is 0.264 e. The number of benzene rings is 2. The zero-order valence-electron chi connectivity index (χ0n) is 13.5. The Kier molecular flexibility index (Phi) is 4.62. The molecule has 1 aliphatic heterocycles. The number of fused-ring (bicyclic) bond motifs is 1. The summed E-state index contributed by atoms with van der Waals surface area (Å²) >= 11 is 0. The minimum absolute atomic E-state index is 0.141. The van der Waals surface area contributed by atoms with Crippen molar-refractivity contribution in [1.82, 2.24) is 4.90 Å². The van der Waals surface area contributed by atoms with E-state index in [0.717, 1.165) is 17.5 Å². The highest BCUT2D eigenvalue weighted by atomic mass is 16.5. The fourth-order valence-corrected chi connectivity index (χ4v) is 2.88. The molecule has 0 N–H and O–H groups in total. The molecule has 3 rings (SSSR count). The molecular weight excluding hydrogens is 300 g/mol. The van der Waals surface area contributed by atoms with Crippen LogP contribution < -0.4 is 4.74 Å². The maximum atomic E-state index is 12.7. The average molecular weight is 318 g/mol. The first kappa shape index (κ1) is 15.8. The number of methoxy groups -OCH3 is 1. The third-order valence-corrected chi connectivity index (χ3v) is 4.17. The second-order valence-corrected chi connectivity index (χ2v) is 5.69. The molecule has 0 aromatic heterocycles. The summed E-state index contributed by atoms with van der Waals surface area (Å²) in [6.07, 6.45) is 2.44. The molecule has 0 saturated carbocycles. The fourth-order valence-electron chi connectivity index (χ4n) is 2.88. The van der Waals surface area contributed by atoms with Crippen LogP contribution in [0.25, 0.3) is 6.08 Å². The quantitative estimate of drug-likeness (QED) is 0.645. The summed E-state index contributed by atoms with van der Waals surface area (Å²) in [6, 6.07) is 17.5. The summed E-state index contributed by atoms with van der Waals surface area (Å²) in [4.78, 5) is 14.4. The lowest BCUT2D eigenvalue weighted by molar-refractivity contribution is -0.127. The summed E-state index contributed by atoms with van der Waals surface area (Å²) < 4.78 is 5.18. The van der Waals surface area contributed by atoms with Crippen LogP contribution >= 0.6 is 0 Å². The Labute approximate surface area is 141 Å². The lowest BCUT2D eigenvalue weighted by Gasteiger charge is -2.28. The third-order valence-electron chi connectivity index (χ3n) is 4.17. The van der Waals surface area contributed by atoms with Gasteiger partial charge in [0.15, 0.2) is 0 Å². The van der Waals surface area contributed by atoms with Crippen molar-refractivity contribution >= 4 is 12.0 Å². The van der Waals surface area contributed by atoms with E-state index in [2.05, 4.69) is 6.07 Å². The summed E-state index contributed by atoms with van der Waals surface area (Å²) in [5, 5.41) is 9.41. The molecule has 2 aromatic rings. The Hall–Kier alpha value is -3.06. The molecule has 2 aromatic carbocycles. The number of amides is 1. The zero-order valence-corrected chi connectivity index (χ0v) is 13.5. The normalized spacial score (nSPS) is 13.8. The minimum Gasteiger partial charge on any atom is -0.497 e. The highest BCUT2D eigenvalue weighted by molar-refractivity contribution is 6.01. The van der Waals surface area contributed by atoms with Crippen LogP contribution in [-0.4, -0.2) is 24.5 Å². The van der Waals surface area contributed by atoms with Gasteiger partial charge < -0.3 is 9.64 Å². The van der Waals surface area contributed by atoms with E-state index in [1.165, 1.54) is 5.56 Å². The van der Waals surface area contributed by atoms with Gasteiger partial charge in [0.2, 0.25) is 0 Å². The van der Waals surface area contributed by atoms with Gasteiger partial charge in [-0.3, -0.25) is 4.79 Å². The number of rotatable bonds is 3. The molecule has 4 heteroatoms.